The van der Waals surface area contributed by atoms with E-state index < -0.39 is 0 Å². The number of halogens is 1. The maximum Gasteiger partial charge on any atom is 0.282 e. The first-order chi connectivity index (χ1) is 15.9. The van der Waals surface area contributed by atoms with Crippen LogP contribution in [0.25, 0.3) is 5.57 Å². The Morgan fingerprint density at radius 3 is 2.15 bits per heavy atom. The smallest absolute Gasteiger partial charge is 0.282 e. The van der Waals surface area contributed by atoms with Crippen LogP contribution in [0.5, 0.6) is 0 Å². The highest BCUT2D eigenvalue weighted by atomic mass is 35.5. The summed E-state index contributed by atoms with van der Waals surface area (Å²) in [5.41, 5.74) is 4.49. The summed E-state index contributed by atoms with van der Waals surface area (Å²) in [6, 6.07) is 22.2. The normalized spacial score (nSPS) is 13.6. The molecule has 0 aromatic heterocycles. The molecule has 0 saturated heterocycles. The minimum atomic E-state index is -0.385. The third kappa shape index (κ3) is 4.37. The average Bonchev–Trinajstić information content (AvgIpc) is 3.07. The molecule has 1 aliphatic heterocycles. The number of carbonyl (C=O) groups excluding carboxylic acids is 2. The minimum Gasteiger partial charge on any atom is -0.372 e. The summed E-state index contributed by atoms with van der Waals surface area (Å²) in [5.74, 6) is -0.736. The molecule has 0 aliphatic carbocycles. The minimum absolute atomic E-state index is 0.254. The van der Waals surface area contributed by atoms with E-state index in [0.717, 1.165) is 30.0 Å². The Bertz CT molecular complexity index is 1220. The van der Waals surface area contributed by atoms with Gasteiger partial charge in [0.05, 0.1) is 11.3 Å². The Hall–Kier alpha value is -3.57. The number of carbonyl (C=O) groups is 2. The van der Waals surface area contributed by atoms with Gasteiger partial charge < -0.3 is 10.2 Å². The maximum absolute atomic E-state index is 13.6. The maximum atomic E-state index is 13.6. The van der Waals surface area contributed by atoms with Crippen LogP contribution in [0.15, 0.2) is 78.5 Å². The van der Waals surface area contributed by atoms with E-state index in [1.54, 1.807) is 6.07 Å². The van der Waals surface area contributed by atoms with E-state index in [1.807, 2.05) is 73.7 Å². The fraction of sp³-hybridized carbons (Fsp3) is 0.185. The van der Waals surface area contributed by atoms with Crippen molar-refractivity contribution in [3.05, 3.63) is 94.6 Å². The highest BCUT2D eigenvalue weighted by Crippen LogP contribution is 2.35. The molecule has 0 bridgehead atoms. The molecular formula is C27H26ClN3O2. The van der Waals surface area contributed by atoms with Gasteiger partial charge in [0.2, 0.25) is 0 Å². The molecule has 0 atom stereocenters. The van der Waals surface area contributed by atoms with Crippen molar-refractivity contribution in [3.8, 4) is 0 Å². The third-order valence-electron chi connectivity index (χ3n) is 5.83. The fourth-order valence-corrected chi connectivity index (χ4v) is 4.28. The van der Waals surface area contributed by atoms with Crippen LogP contribution in [0, 0.1) is 6.92 Å². The quantitative estimate of drug-likeness (QED) is 0.447. The van der Waals surface area contributed by atoms with Crippen LogP contribution in [0.3, 0.4) is 0 Å². The fourth-order valence-electron chi connectivity index (χ4n) is 4.06. The average molecular weight is 460 g/mol. The van der Waals surface area contributed by atoms with Crippen molar-refractivity contribution in [2.75, 3.05) is 28.2 Å². The summed E-state index contributed by atoms with van der Waals surface area (Å²) in [4.78, 5) is 30.6. The molecule has 0 spiro atoms. The highest BCUT2D eigenvalue weighted by Gasteiger charge is 2.40. The van der Waals surface area contributed by atoms with Crippen molar-refractivity contribution in [2.24, 2.45) is 0 Å². The number of anilines is 3. The van der Waals surface area contributed by atoms with Gasteiger partial charge in [-0.2, -0.15) is 0 Å². The Kier molecular flexibility index (Phi) is 6.52. The van der Waals surface area contributed by atoms with Gasteiger partial charge in [0.15, 0.2) is 0 Å². The molecule has 1 heterocycles. The van der Waals surface area contributed by atoms with Gasteiger partial charge in [-0.3, -0.25) is 9.59 Å². The molecule has 3 aromatic rings. The lowest BCUT2D eigenvalue weighted by Gasteiger charge is -2.22. The molecule has 0 radical (unpaired) electrons. The Morgan fingerprint density at radius 1 is 0.879 bits per heavy atom. The predicted octanol–water partition coefficient (Wildman–Crippen LogP) is 5.89. The Balaban J connectivity index is 1.75. The molecule has 168 valence electrons. The van der Waals surface area contributed by atoms with Crippen molar-refractivity contribution in [1.29, 1.82) is 0 Å². The summed E-state index contributed by atoms with van der Waals surface area (Å²) < 4.78 is 0. The summed E-state index contributed by atoms with van der Waals surface area (Å²) in [7, 11) is 0. The SMILES string of the molecule is CCN(CC)c1ccc(N2C(=O)C(Nc3ccc(Cl)cc3C)=C(c3ccccc3)C2=O)cc1. The van der Waals surface area contributed by atoms with Crippen molar-refractivity contribution in [1.82, 2.24) is 0 Å². The topological polar surface area (TPSA) is 52.6 Å². The van der Waals surface area contributed by atoms with E-state index in [-0.39, 0.29) is 17.5 Å². The van der Waals surface area contributed by atoms with Gasteiger partial charge in [0.1, 0.15) is 5.70 Å². The number of benzene rings is 3. The first kappa shape index (κ1) is 22.6. The standard InChI is InChI=1S/C27H26ClN3O2/c1-4-30(5-2)21-12-14-22(15-13-21)31-26(32)24(19-9-7-6-8-10-19)25(27(31)33)29-23-16-11-20(28)17-18(23)3/h6-17,29H,4-5H2,1-3H3. The summed E-state index contributed by atoms with van der Waals surface area (Å²) in [5, 5.41) is 3.82. The van der Waals surface area contributed by atoms with Gasteiger partial charge in [0.25, 0.3) is 11.8 Å². The number of amides is 2. The molecule has 4 rings (SSSR count). The van der Waals surface area contributed by atoms with E-state index in [0.29, 0.717) is 21.8 Å². The number of nitrogens with one attached hydrogen (secondary N) is 1. The van der Waals surface area contributed by atoms with Crippen LogP contribution in [-0.4, -0.2) is 24.9 Å². The van der Waals surface area contributed by atoms with Crippen molar-refractivity contribution in [3.63, 3.8) is 0 Å². The van der Waals surface area contributed by atoms with Gasteiger partial charge in [0, 0.05) is 29.5 Å². The molecule has 0 saturated carbocycles. The third-order valence-corrected chi connectivity index (χ3v) is 6.07. The number of nitrogens with zero attached hydrogens (tertiary/aromatic N) is 2. The molecule has 3 aromatic carbocycles. The molecule has 6 heteroatoms. The van der Waals surface area contributed by atoms with Crippen LogP contribution < -0.4 is 15.1 Å². The van der Waals surface area contributed by atoms with Crippen LogP contribution in [0.1, 0.15) is 25.0 Å². The lowest BCUT2D eigenvalue weighted by Crippen LogP contribution is -2.32. The van der Waals surface area contributed by atoms with Crippen molar-refractivity contribution < 1.29 is 9.59 Å². The van der Waals surface area contributed by atoms with Gasteiger partial charge in [-0.15, -0.1) is 0 Å². The molecule has 5 nitrogen and oxygen atoms in total. The lowest BCUT2D eigenvalue weighted by molar-refractivity contribution is -0.120. The number of aryl methyl sites for hydroxylation is 1. The summed E-state index contributed by atoms with van der Waals surface area (Å²) in [6.45, 7) is 7.86. The molecule has 0 fully saturated rings. The molecular weight excluding hydrogens is 434 g/mol. The molecule has 2 amide bonds. The predicted molar refractivity (Wildman–Crippen MR) is 136 cm³/mol. The summed E-state index contributed by atoms with van der Waals surface area (Å²) in [6.07, 6.45) is 0. The largest absolute Gasteiger partial charge is 0.372 e. The van der Waals surface area contributed by atoms with Crippen LogP contribution in [0.2, 0.25) is 5.02 Å². The van der Waals surface area contributed by atoms with E-state index in [4.69, 9.17) is 11.6 Å². The lowest BCUT2D eigenvalue weighted by atomic mass is 10.0. The first-order valence-electron chi connectivity index (χ1n) is 11.0. The molecule has 1 N–H and O–H groups in total. The van der Waals surface area contributed by atoms with Crippen LogP contribution in [0.4, 0.5) is 17.1 Å². The number of rotatable bonds is 7. The second kappa shape index (κ2) is 9.51. The number of hydrogen-bond donors (Lipinski definition) is 1. The zero-order chi connectivity index (χ0) is 23.5. The zero-order valence-electron chi connectivity index (χ0n) is 18.9. The van der Waals surface area contributed by atoms with Crippen LogP contribution >= 0.6 is 11.6 Å². The van der Waals surface area contributed by atoms with Crippen LogP contribution in [-0.2, 0) is 9.59 Å². The monoisotopic (exact) mass is 459 g/mol. The second-order valence-electron chi connectivity index (χ2n) is 7.83. The van der Waals surface area contributed by atoms with Gasteiger partial charge in [-0.25, -0.2) is 4.90 Å². The van der Waals surface area contributed by atoms with E-state index >= 15 is 0 Å². The highest BCUT2D eigenvalue weighted by molar-refractivity contribution is 6.46. The number of hydrogen-bond acceptors (Lipinski definition) is 4. The van der Waals surface area contributed by atoms with E-state index in [9.17, 15) is 9.59 Å². The molecule has 33 heavy (non-hydrogen) atoms. The Labute approximate surface area is 199 Å². The van der Waals surface area contributed by atoms with Gasteiger partial charge in [-0.1, -0.05) is 41.9 Å². The van der Waals surface area contributed by atoms with Gasteiger partial charge >= 0.3 is 0 Å². The first-order valence-corrected chi connectivity index (χ1v) is 11.4. The molecule has 1 aliphatic rings. The van der Waals surface area contributed by atoms with Gasteiger partial charge in [-0.05, 0) is 74.4 Å². The second-order valence-corrected chi connectivity index (χ2v) is 8.27. The van der Waals surface area contributed by atoms with E-state index in [2.05, 4.69) is 24.1 Å². The Morgan fingerprint density at radius 2 is 1.55 bits per heavy atom. The summed E-state index contributed by atoms with van der Waals surface area (Å²) >= 11 is 6.10. The number of imide groups is 1. The molecule has 0 unspecified atom stereocenters. The van der Waals surface area contributed by atoms with Crippen molar-refractivity contribution >= 4 is 46.1 Å². The van der Waals surface area contributed by atoms with Crippen molar-refractivity contribution in [2.45, 2.75) is 20.8 Å². The zero-order valence-corrected chi connectivity index (χ0v) is 19.7. The van der Waals surface area contributed by atoms with E-state index in [1.165, 1.54) is 4.90 Å².